The van der Waals surface area contributed by atoms with E-state index in [9.17, 15) is 9.59 Å². The van der Waals surface area contributed by atoms with Gasteiger partial charge in [0.15, 0.2) is 22.9 Å². The summed E-state index contributed by atoms with van der Waals surface area (Å²) in [6.07, 6.45) is 3.10. The minimum absolute atomic E-state index is 0. The zero-order valence-corrected chi connectivity index (χ0v) is 26.8. The van der Waals surface area contributed by atoms with E-state index < -0.39 is 0 Å². The molecule has 0 bridgehead atoms. The molecule has 240 valence electrons. The van der Waals surface area contributed by atoms with Crippen molar-refractivity contribution in [3.8, 4) is 0 Å². The summed E-state index contributed by atoms with van der Waals surface area (Å²) in [7, 11) is 2.73. The fraction of sp³-hybridized carbons (Fsp3) is 0.172. The summed E-state index contributed by atoms with van der Waals surface area (Å²) in [4.78, 5) is 49.1. The molecule has 0 radical (unpaired) electrons. The second-order valence-corrected chi connectivity index (χ2v) is 10.2. The van der Waals surface area contributed by atoms with E-state index in [0.29, 0.717) is 45.8 Å². The third-order valence-electron chi connectivity index (χ3n) is 5.95. The Bertz CT molecular complexity index is 1970. The van der Waals surface area contributed by atoms with Crippen molar-refractivity contribution in [2.24, 2.45) is 0 Å². The molecule has 6 aromatic rings. The summed E-state index contributed by atoms with van der Waals surface area (Å²) < 4.78 is 11.1. The molecule has 0 unspecified atom stereocenters. The van der Waals surface area contributed by atoms with Gasteiger partial charge in [-0.05, 0) is 58.6 Å². The lowest BCUT2D eigenvalue weighted by molar-refractivity contribution is 0.0591. The number of alkyl halides is 1. The highest BCUT2D eigenvalue weighted by Crippen LogP contribution is 2.20. The van der Waals surface area contributed by atoms with Gasteiger partial charge in [0.25, 0.3) is 0 Å². The number of anilines is 2. The minimum Gasteiger partial charge on any atom is -0.465 e. The molecule has 0 atom stereocenters. The quantitative estimate of drug-likeness (QED) is 0.114. The summed E-state index contributed by atoms with van der Waals surface area (Å²) in [5, 5.41) is 0.926. The number of esters is 2. The van der Waals surface area contributed by atoms with Crippen LogP contribution >= 0.6 is 39.1 Å². The molecular formula is C29H29BrCl2N10O4. The molecule has 0 saturated carbocycles. The second kappa shape index (κ2) is 16.5. The number of halogens is 3. The van der Waals surface area contributed by atoms with Gasteiger partial charge in [0.1, 0.15) is 11.0 Å². The molecule has 0 aliphatic heterocycles. The van der Waals surface area contributed by atoms with Crippen molar-refractivity contribution < 1.29 is 19.1 Å². The van der Waals surface area contributed by atoms with Gasteiger partial charge >= 0.3 is 11.9 Å². The summed E-state index contributed by atoms with van der Waals surface area (Å²) in [6.45, 7) is 0.466. The molecule has 0 saturated heterocycles. The van der Waals surface area contributed by atoms with Crippen molar-refractivity contribution in [1.29, 1.82) is 0 Å². The van der Waals surface area contributed by atoms with Crippen LogP contribution in [0.25, 0.3) is 22.3 Å². The van der Waals surface area contributed by atoms with Crippen LogP contribution in [0.1, 0.15) is 39.3 Å². The number of nitrogens with zero attached hydrogens (tertiary/aromatic N) is 7. The Morgan fingerprint density at radius 3 is 2.09 bits per heavy atom. The van der Waals surface area contributed by atoms with Gasteiger partial charge in [0.2, 0.25) is 10.6 Å². The Kier molecular flexibility index (Phi) is 12.7. The lowest BCUT2D eigenvalue weighted by Gasteiger charge is -2.06. The number of aromatic nitrogens is 8. The van der Waals surface area contributed by atoms with Crippen molar-refractivity contribution in [1.82, 2.24) is 39.5 Å². The van der Waals surface area contributed by atoms with Crippen LogP contribution in [0.15, 0.2) is 61.2 Å². The molecule has 5 N–H and O–H groups in total. The number of ether oxygens (including phenoxy) is 2. The fourth-order valence-electron chi connectivity index (χ4n) is 3.89. The van der Waals surface area contributed by atoms with E-state index in [1.54, 1.807) is 41.2 Å². The van der Waals surface area contributed by atoms with Crippen LogP contribution in [-0.2, 0) is 21.3 Å². The number of nitrogens with one attached hydrogen (secondary N) is 1. The van der Waals surface area contributed by atoms with Gasteiger partial charge in [0.05, 0.1) is 44.5 Å². The molecule has 0 fully saturated rings. The van der Waals surface area contributed by atoms with E-state index in [0.717, 1.165) is 16.5 Å². The van der Waals surface area contributed by atoms with Crippen LogP contribution in [0.3, 0.4) is 0 Å². The van der Waals surface area contributed by atoms with Gasteiger partial charge in [-0.15, -0.1) is 0 Å². The molecule has 17 heteroatoms. The van der Waals surface area contributed by atoms with Gasteiger partial charge in [-0.2, -0.15) is 19.9 Å². The summed E-state index contributed by atoms with van der Waals surface area (Å²) >= 11 is 14.7. The summed E-state index contributed by atoms with van der Waals surface area (Å²) in [6, 6.07) is 14.5. The number of nitrogens with two attached hydrogens (primary N) is 2. The first kappa shape index (κ1) is 35.6. The Morgan fingerprint density at radius 1 is 0.870 bits per heavy atom. The number of nitrogen functional groups attached to an aromatic ring is 2. The number of hydrogen-bond acceptors (Lipinski definition) is 12. The molecule has 0 aliphatic carbocycles. The lowest BCUT2D eigenvalue weighted by atomic mass is 10.1. The highest BCUT2D eigenvalue weighted by molar-refractivity contribution is 9.08. The fourth-order valence-corrected chi connectivity index (χ4v) is 4.58. The van der Waals surface area contributed by atoms with Gasteiger partial charge in [-0.25, -0.2) is 19.6 Å². The second-order valence-electron chi connectivity index (χ2n) is 8.92. The Labute approximate surface area is 281 Å². The van der Waals surface area contributed by atoms with Gasteiger partial charge in [0, 0.05) is 5.33 Å². The third kappa shape index (κ3) is 8.87. The lowest BCUT2D eigenvalue weighted by Crippen LogP contribution is -2.04. The largest absolute Gasteiger partial charge is 0.465 e. The van der Waals surface area contributed by atoms with Crippen molar-refractivity contribution in [3.05, 3.63) is 94.0 Å². The molecule has 4 heterocycles. The number of benzene rings is 2. The predicted octanol–water partition coefficient (Wildman–Crippen LogP) is 5.49. The van der Waals surface area contributed by atoms with Crippen molar-refractivity contribution in [2.75, 3.05) is 25.7 Å². The van der Waals surface area contributed by atoms with Crippen LogP contribution in [0, 0.1) is 0 Å². The van der Waals surface area contributed by atoms with Crippen LogP contribution in [-0.4, -0.2) is 65.6 Å². The number of carbonyl (C=O) groups excluding carboxylic acids is 2. The first-order valence-electron chi connectivity index (χ1n) is 12.8. The standard InChI is InChI=1S/C14H12ClN5O2.C9H9BrO2.C5H4ClN5.CH4/c1-22-13(21)9-4-2-3-8(5-9)6-20-7-17-10-11(16)18-14(15)19-12(10)20;1-12-9(11)8-4-2-3-7(5-8)6-10;6-5-10-3(7)2-4(11-5)9-1-8-2;/h2-5,7H,6H2,1H3,(H2,16,18,19);2-5H,6H2,1H3;1H,(H3,7,8,9,10,11);1H4. The average Bonchev–Trinajstić information content (AvgIpc) is 3.68. The third-order valence-corrected chi connectivity index (χ3v) is 6.94. The van der Waals surface area contributed by atoms with E-state index in [2.05, 4.69) is 55.6 Å². The van der Waals surface area contributed by atoms with E-state index in [1.807, 2.05) is 18.2 Å². The normalized spacial score (nSPS) is 10.2. The number of aromatic amines is 1. The molecule has 14 nitrogen and oxygen atoms in total. The monoisotopic (exact) mass is 730 g/mol. The number of rotatable bonds is 5. The highest BCUT2D eigenvalue weighted by Gasteiger charge is 2.12. The zero-order valence-electron chi connectivity index (χ0n) is 23.7. The first-order valence-corrected chi connectivity index (χ1v) is 14.7. The SMILES string of the molecule is C.COC(=O)c1cccc(CBr)c1.COC(=O)c1cccc(Cn2cnc3c(N)nc(Cl)nc32)c1.Nc1nc(Cl)nc2nc[nH]c12. The van der Waals surface area contributed by atoms with Crippen LogP contribution in [0.5, 0.6) is 0 Å². The Hall–Kier alpha value is -4.86. The molecule has 0 spiro atoms. The van der Waals surface area contributed by atoms with Crippen molar-refractivity contribution in [2.45, 2.75) is 19.3 Å². The maximum absolute atomic E-state index is 11.6. The molecule has 6 rings (SSSR count). The van der Waals surface area contributed by atoms with Crippen LogP contribution < -0.4 is 11.5 Å². The van der Waals surface area contributed by atoms with E-state index in [-0.39, 0.29) is 35.8 Å². The summed E-state index contributed by atoms with van der Waals surface area (Å²) in [5.41, 5.74) is 16.5. The first-order chi connectivity index (χ1) is 21.6. The number of fused-ring (bicyclic) bond motifs is 2. The van der Waals surface area contributed by atoms with Gasteiger partial charge < -0.3 is 30.5 Å². The zero-order chi connectivity index (χ0) is 32.5. The van der Waals surface area contributed by atoms with E-state index >= 15 is 0 Å². The molecular weight excluding hydrogens is 703 g/mol. The van der Waals surface area contributed by atoms with Crippen molar-refractivity contribution in [3.63, 3.8) is 0 Å². The molecule has 2 aromatic carbocycles. The minimum atomic E-state index is -0.382. The van der Waals surface area contributed by atoms with Gasteiger partial charge in [-0.1, -0.05) is 47.6 Å². The van der Waals surface area contributed by atoms with Gasteiger partial charge in [-0.3, -0.25) is 0 Å². The smallest absolute Gasteiger partial charge is 0.337 e. The number of hydrogen-bond donors (Lipinski definition) is 3. The van der Waals surface area contributed by atoms with E-state index in [4.69, 9.17) is 39.4 Å². The average molecular weight is 732 g/mol. The molecule has 0 aliphatic rings. The Morgan fingerprint density at radius 2 is 1.46 bits per heavy atom. The number of carbonyl (C=O) groups is 2. The summed E-state index contributed by atoms with van der Waals surface area (Å²) in [5.74, 6) is -0.126. The molecule has 4 aromatic heterocycles. The number of imidazole rings is 2. The predicted molar refractivity (Wildman–Crippen MR) is 180 cm³/mol. The molecule has 46 heavy (non-hydrogen) atoms. The number of methoxy groups -OCH3 is 2. The van der Waals surface area contributed by atoms with Crippen molar-refractivity contribution >= 4 is 85.0 Å². The van der Waals surface area contributed by atoms with Crippen LogP contribution in [0.2, 0.25) is 10.6 Å². The van der Waals surface area contributed by atoms with E-state index in [1.165, 1.54) is 20.5 Å². The number of H-pyrrole nitrogens is 1. The topological polar surface area (TPSA) is 203 Å². The maximum Gasteiger partial charge on any atom is 0.337 e. The maximum atomic E-state index is 11.6. The Balaban J connectivity index is 0.000000203. The van der Waals surface area contributed by atoms with Crippen LogP contribution in [0.4, 0.5) is 11.6 Å². The molecule has 0 amide bonds. The highest BCUT2D eigenvalue weighted by atomic mass is 79.9.